The molecule has 10 heteroatoms. The summed E-state index contributed by atoms with van der Waals surface area (Å²) in [6, 6.07) is 0.734. The molecule has 0 spiro atoms. The van der Waals surface area contributed by atoms with Crippen molar-refractivity contribution in [2.24, 2.45) is 11.8 Å². The van der Waals surface area contributed by atoms with Crippen molar-refractivity contribution in [2.75, 3.05) is 46.2 Å². The third kappa shape index (κ3) is 7.17. The Hall–Kier alpha value is -0.850. The summed E-state index contributed by atoms with van der Waals surface area (Å²) in [5.74, 6) is 1.38. The third-order valence-corrected chi connectivity index (χ3v) is 9.16. The van der Waals surface area contributed by atoms with Crippen LogP contribution < -0.4 is 26.6 Å². The maximum atomic E-state index is 12.7. The van der Waals surface area contributed by atoms with Crippen molar-refractivity contribution in [1.29, 1.82) is 0 Å². The van der Waals surface area contributed by atoms with E-state index in [-0.39, 0.29) is 24.2 Å². The molecule has 5 rings (SSSR count). The molecule has 0 aromatic heterocycles. The molecule has 3 saturated heterocycles. The van der Waals surface area contributed by atoms with Crippen LogP contribution in [-0.4, -0.2) is 105 Å². The zero-order valence-corrected chi connectivity index (χ0v) is 21.9. The number of piperidine rings is 1. The van der Waals surface area contributed by atoms with Gasteiger partial charge in [0.15, 0.2) is 0 Å². The molecule has 7 unspecified atom stereocenters. The quantitative estimate of drug-likeness (QED) is 0.236. The number of hydrogen-bond acceptors (Lipinski definition) is 9. The van der Waals surface area contributed by atoms with E-state index in [1.807, 2.05) is 0 Å². The number of hydrogen-bond donors (Lipinski definition) is 6. The third-order valence-electron chi connectivity index (χ3n) is 9.16. The molecule has 10 nitrogen and oxygen atoms in total. The van der Waals surface area contributed by atoms with Crippen molar-refractivity contribution >= 4 is 5.91 Å². The largest absolute Gasteiger partial charge is 0.390 e. The van der Waals surface area contributed by atoms with Gasteiger partial charge in [0.25, 0.3) is 0 Å². The molecule has 206 valence electrons. The van der Waals surface area contributed by atoms with Gasteiger partial charge in [0.1, 0.15) is 0 Å². The van der Waals surface area contributed by atoms with E-state index in [2.05, 4.69) is 38.4 Å². The molecule has 5 aliphatic rings. The number of carbonyl (C=O) groups excluding carboxylic acids is 1. The van der Waals surface area contributed by atoms with Gasteiger partial charge in [0.2, 0.25) is 5.91 Å². The first-order valence-corrected chi connectivity index (χ1v) is 14.4. The van der Waals surface area contributed by atoms with E-state index in [0.29, 0.717) is 63.1 Å². The summed E-state index contributed by atoms with van der Waals surface area (Å²) in [6.45, 7) is 7.07. The van der Waals surface area contributed by atoms with Crippen LogP contribution in [0.4, 0.5) is 0 Å². The molecular weight excluding hydrogens is 460 g/mol. The van der Waals surface area contributed by atoms with Crippen LogP contribution in [0.5, 0.6) is 0 Å². The lowest BCUT2D eigenvalue weighted by Gasteiger charge is -2.44. The highest BCUT2D eigenvalue weighted by molar-refractivity contribution is 5.81. The van der Waals surface area contributed by atoms with E-state index in [1.54, 1.807) is 0 Å². The smallest absolute Gasteiger partial charge is 0.237 e. The van der Waals surface area contributed by atoms with Crippen LogP contribution in [0.3, 0.4) is 0 Å². The Labute approximate surface area is 216 Å². The Morgan fingerprint density at radius 2 is 2.03 bits per heavy atom. The molecule has 0 bridgehead atoms. The Morgan fingerprint density at radius 1 is 1.14 bits per heavy atom. The van der Waals surface area contributed by atoms with Gasteiger partial charge in [0, 0.05) is 44.8 Å². The van der Waals surface area contributed by atoms with Crippen LogP contribution in [0.15, 0.2) is 0 Å². The first-order valence-electron chi connectivity index (χ1n) is 14.4. The van der Waals surface area contributed by atoms with E-state index in [1.165, 1.54) is 25.7 Å². The number of likely N-dealkylation sites (tertiary alicyclic amines) is 1. The molecular formula is C26H48N6O4. The highest BCUT2D eigenvalue weighted by atomic mass is 16.5. The number of β-amino-alcohol motifs (C(OH)–C–C–N with tert-alkyl or cyclic N) is 1. The topological polar surface area (TPSA) is 119 Å². The van der Waals surface area contributed by atoms with Crippen molar-refractivity contribution in [3.05, 3.63) is 0 Å². The monoisotopic (exact) mass is 508 g/mol. The second kappa shape index (κ2) is 12.8. The summed E-state index contributed by atoms with van der Waals surface area (Å²) >= 11 is 0. The van der Waals surface area contributed by atoms with Crippen molar-refractivity contribution < 1.29 is 19.4 Å². The normalized spacial score (nSPS) is 38.8. The highest BCUT2D eigenvalue weighted by Crippen LogP contribution is 2.37. The number of ether oxygens (including phenoxy) is 2. The second-order valence-corrected chi connectivity index (χ2v) is 11.8. The first-order chi connectivity index (χ1) is 17.5. The van der Waals surface area contributed by atoms with Gasteiger partial charge in [0.05, 0.1) is 43.9 Å². The van der Waals surface area contributed by atoms with Crippen molar-refractivity contribution in [3.8, 4) is 0 Å². The van der Waals surface area contributed by atoms with Crippen LogP contribution in [0.2, 0.25) is 0 Å². The van der Waals surface area contributed by atoms with Gasteiger partial charge in [-0.05, 0) is 63.8 Å². The predicted octanol–water partition coefficient (Wildman–Crippen LogP) is -0.318. The number of aliphatic hydroxyl groups excluding tert-OH is 1. The minimum absolute atomic E-state index is 0.0128. The summed E-state index contributed by atoms with van der Waals surface area (Å²) < 4.78 is 12.0. The molecule has 2 saturated carbocycles. The van der Waals surface area contributed by atoms with E-state index >= 15 is 0 Å². The summed E-state index contributed by atoms with van der Waals surface area (Å²) in [6.07, 6.45) is 9.24. The fraction of sp³-hybridized carbons (Fsp3) is 0.962. The van der Waals surface area contributed by atoms with Crippen LogP contribution in [-0.2, 0) is 14.3 Å². The highest BCUT2D eigenvalue weighted by Gasteiger charge is 2.36. The predicted molar refractivity (Wildman–Crippen MR) is 137 cm³/mol. The number of aliphatic hydroxyl groups is 1. The molecule has 8 atom stereocenters. The second-order valence-electron chi connectivity index (χ2n) is 11.8. The molecule has 36 heavy (non-hydrogen) atoms. The number of amides is 1. The lowest BCUT2D eigenvalue weighted by Crippen LogP contribution is -2.62. The van der Waals surface area contributed by atoms with Gasteiger partial charge in [-0.25, -0.2) is 0 Å². The summed E-state index contributed by atoms with van der Waals surface area (Å²) in [4.78, 5) is 15.1. The molecule has 5 fully saturated rings. The van der Waals surface area contributed by atoms with Gasteiger partial charge < -0.3 is 24.8 Å². The zero-order chi connectivity index (χ0) is 24.9. The molecule has 0 radical (unpaired) electrons. The van der Waals surface area contributed by atoms with Gasteiger partial charge in [-0.1, -0.05) is 6.42 Å². The van der Waals surface area contributed by atoms with Crippen molar-refractivity contribution in [1.82, 2.24) is 31.5 Å². The molecule has 1 amide bonds. The van der Waals surface area contributed by atoms with Gasteiger partial charge >= 0.3 is 0 Å². The lowest BCUT2D eigenvalue weighted by molar-refractivity contribution is -0.124. The Balaban J connectivity index is 0.968. The Kier molecular flexibility index (Phi) is 9.51. The first kappa shape index (κ1) is 26.7. The molecule has 0 aromatic carbocycles. The minimum atomic E-state index is -0.544. The van der Waals surface area contributed by atoms with Gasteiger partial charge in [-0.2, -0.15) is 0 Å². The van der Waals surface area contributed by atoms with E-state index in [4.69, 9.17) is 9.47 Å². The molecule has 3 heterocycles. The Morgan fingerprint density at radius 3 is 2.81 bits per heavy atom. The van der Waals surface area contributed by atoms with Crippen LogP contribution in [0, 0.1) is 11.8 Å². The number of carbonyl (C=O) groups is 1. The van der Waals surface area contributed by atoms with Gasteiger partial charge in [-0.3, -0.25) is 26.1 Å². The number of nitrogens with one attached hydrogen (secondary N) is 5. The fourth-order valence-electron chi connectivity index (χ4n) is 6.55. The fourth-order valence-corrected chi connectivity index (χ4v) is 6.55. The van der Waals surface area contributed by atoms with Crippen molar-refractivity contribution in [3.63, 3.8) is 0 Å². The number of nitrogens with zero attached hydrogens (tertiary/aromatic N) is 1. The van der Waals surface area contributed by atoms with Crippen LogP contribution in [0.25, 0.3) is 0 Å². The summed E-state index contributed by atoms with van der Waals surface area (Å²) in [5, 5.41) is 27.2. The van der Waals surface area contributed by atoms with Crippen LogP contribution in [0.1, 0.15) is 58.3 Å². The molecule has 2 aliphatic carbocycles. The minimum Gasteiger partial charge on any atom is -0.390 e. The lowest BCUT2D eigenvalue weighted by atomic mass is 9.74. The van der Waals surface area contributed by atoms with Gasteiger partial charge in [-0.15, -0.1) is 0 Å². The number of rotatable bonds is 10. The standard InChI is InChI=1S/C26H48N6O4/c1-17-24(36-16-30-17)14-35-22-6-5-19-12-32(8-7-18(19)9-22)13-21(33)11-27-26(34)23-10-25(29-15-28-23)31-20-3-2-4-20/h17-25,28-31,33H,2-16H2,1H3,(H,27,34)/t17?,18?,19?,21-,22?,23?,24?,25?/m0/s1. The van der Waals surface area contributed by atoms with E-state index in [0.717, 1.165) is 38.8 Å². The SMILES string of the molecule is CC1NCOC1COC1CCC2CN(C[C@@H](O)CNC(=O)C3CC(NC4CCC4)NCN3)CCC2C1. The van der Waals surface area contributed by atoms with E-state index < -0.39 is 6.10 Å². The summed E-state index contributed by atoms with van der Waals surface area (Å²) in [7, 11) is 0. The Bertz CT molecular complexity index is 712. The molecule has 3 aliphatic heterocycles. The molecule has 0 aromatic rings. The maximum Gasteiger partial charge on any atom is 0.237 e. The van der Waals surface area contributed by atoms with E-state index in [9.17, 15) is 9.90 Å². The maximum absolute atomic E-state index is 12.7. The zero-order valence-electron chi connectivity index (χ0n) is 21.9. The number of fused-ring (bicyclic) bond motifs is 1. The molecule has 6 N–H and O–H groups in total. The van der Waals surface area contributed by atoms with Crippen molar-refractivity contribution in [2.45, 2.75) is 101 Å². The average Bonchev–Trinajstić information content (AvgIpc) is 3.28. The average molecular weight is 509 g/mol. The summed E-state index contributed by atoms with van der Waals surface area (Å²) in [5.41, 5.74) is 0. The van der Waals surface area contributed by atoms with Crippen LogP contribution >= 0.6 is 0 Å².